The molecule has 0 saturated carbocycles. The van der Waals surface area contributed by atoms with E-state index in [1.165, 1.54) is 35.5 Å². The summed E-state index contributed by atoms with van der Waals surface area (Å²) in [5, 5.41) is 11.2. The summed E-state index contributed by atoms with van der Waals surface area (Å²) in [5.41, 5.74) is 0.939. The number of hydrogen-bond acceptors (Lipinski definition) is 5. The molecule has 0 spiro atoms. The SMILES string of the molecule is COCCN(CC(=O)O)C(=O)c1csc(Cc2cccc(F)c2)n1. The van der Waals surface area contributed by atoms with Crippen molar-refractivity contribution in [2.24, 2.45) is 0 Å². The number of ether oxygens (including phenoxy) is 1. The van der Waals surface area contributed by atoms with Crippen LogP contribution in [0.25, 0.3) is 0 Å². The van der Waals surface area contributed by atoms with E-state index in [4.69, 9.17) is 9.84 Å². The molecule has 0 radical (unpaired) electrons. The maximum absolute atomic E-state index is 13.2. The monoisotopic (exact) mass is 352 g/mol. The van der Waals surface area contributed by atoms with Gasteiger partial charge in [0.25, 0.3) is 5.91 Å². The Morgan fingerprint density at radius 1 is 1.42 bits per heavy atom. The van der Waals surface area contributed by atoms with Crippen molar-refractivity contribution in [3.8, 4) is 0 Å². The fraction of sp³-hybridized carbons (Fsp3) is 0.312. The number of carbonyl (C=O) groups excluding carboxylic acids is 1. The van der Waals surface area contributed by atoms with Crippen LogP contribution in [0.5, 0.6) is 0 Å². The lowest BCUT2D eigenvalue weighted by Gasteiger charge is -2.18. The molecule has 1 amide bonds. The Morgan fingerprint density at radius 3 is 2.88 bits per heavy atom. The molecule has 2 aromatic rings. The standard InChI is InChI=1S/C16H17FN2O4S/c1-23-6-5-19(9-15(20)21)16(22)13-10-24-14(18-13)8-11-3-2-4-12(17)7-11/h2-4,7,10H,5-6,8-9H2,1H3,(H,20,21). The number of methoxy groups -OCH3 is 1. The number of hydrogen-bond donors (Lipinski definition) is 1. The van der Waals surface area contributed by atoms with Crippen LogP contribution in [0, 0.1) is 5.82 Å². The number of nitrogens with zero attached hydrogens (tertiary/aromatic N) is 2. The van der Waals surface area contributed by atoms with Crippen LogP contribution >= 0.6 is 11.3 Å². The van der Waals surface area contributed by atoms with Crippen molar-refractivity contribution in [3.63, 3.8) is 0 Å². The van der Waals surface area contributed by atoms with Gasteiger partial charge in [-0.05, 0) is 17.7 Å². The van der Waals surface area contributed by atoms with E-state index in [0.29, 0.717) is 11.4 Å². The van der Waals surface area contributed by atoms with Crippen molar-refractivity contribution < 1.29 is 23.8 Å². The number of aliphatic carboxylic acids is 1. The van der Waals surface area contributed by atoms with Crippen LogP contribution in [-0.4, -0.2) is 53.7 Å². The van der Waals surface area contributed by atoms with Crippen LogP contribution in [0.4, 0.5) is 4.39 Å². The van der Waals surface area contributed by atoms with E-state index in [1.54, 1.807) is 17.5 Å². The zero-order valence-electron chi connectivity index (χ0n) is 13.1. The average molecular weight is 352 g/mol. The van der Waals surface area contributed by atoms with Gasteiger partial charge in [0.2, 0.25) is 0 Å². The first-order valence-corrected chi connectivity index (χ1v) is 8.06. The van der Waals surface area contributed by atoms with E-state index in [0.717, 1.165) is 5.56 Å². The molecular formula is C16H17FN2O4S. The minimum Gasteiger partial charge on any atom is -0.480 e. The molecule has 1 heterocycles. The predicted octanol–water partition coefficient (Wildman–Crippen LogP) is 2.05. The lowest BCUT2D eigenvalue weighted by Crippen LogP contribution is -2.38. The van der Waals surface area contributed by atoms with Crippen LogP contribution in [0.1, 0.15) is 21.1 Å². The zero-order chi connectivity index (χ0) is 17.5. The number of thiazole rings is 1. The van der Waals surface area contributed by atoms with Crippen LogP contribution < -0.4 is 0 Å². The number of carboxylic acid groups (broad SMARTS) is 1. The van der Waals surface area contributed by atoms with Crippen molar-refractivity contribution in [3.05, 3.63) is 51.7 Å². The molecule has 8 heteroatoms. The van der Waals surface area contributed by atoms with E-state index < -0.39 is 18.4 Å². The molecule has 0 bridgehead atoms. The van der Waals surface area contributed by atoms with Crippen molar-refractivity contribution in [2.75, 3.05) is 26.8 Å². The molecule has 0 unspecified atom stereocenters. The van der Waals surface area contributed by atoms with Gasteiger partial charge in [0.15, 0.2) is 0 Å². The number of carboxylic acids is 1. The fourth-order valence-corrected chi connectivity index (χ4v) is 2.89. The molecule has 0 fully saturated rings. The Morgan fingerprint density at radius 2 is 2.21 bits per heavy atom. The summed E-state index contributed by atoms with van der Waals surface area (Å²) >= 11 is 1.28. The summed E-state index contributed by atoms with van der Waals surface area (Å²) in [6.07, 6.45) is 0.409. The van der Waals surface area contributed by atoms with Gasteiger partial charge in [0.05, 0.1) is 11.6 Å². The number of rotatable bonds is 8. The maximum Gasteiger partial charge on any atom is 0.323 e. The van der Waals surface area contributed by atoms with Crippen LogP contribution in [0.15, 0.2) is 29.6 Å². The van der Waals surface area contributed by atoms with E-state index >= 15 is 0 Å². The molecule has 0 aliphatic heterocycles. The van der Waals surface area contributed by atoms with Crippen molar-refractivity contribution in [1.29, 1.82) is 0 Å². The van der Waals surface area contributed by atoms with Gasteiger partial charge in [0, 0.05) is 25.5 Å². The molecule has 6 nitrogen and oxygen atoms in total. The summed E-state index contributed by atoms with van der Waals surface area (Å²) in [5.74, 6) is -1.89. The summed E-state index contributed by atoms with van der Waals surface area (Å²) in [6.45, 7) is -0.0172. The molecule has 1 aromatic carbocycles. The molecule has 0 aliphatic rings. The predicted molar refractivity (Wildman–Crippen MR) is 86.7 cm³/mol. The quantitative estimate of drug-likeness (QED) is 0.786. The number of amides is 1. The Kier molecular flexibility index (Phi) is 6.39. The summed E-state index contributed by atoms with van der Waals surface area (Å²) in [7, 11) is 1.48. The molecule has 1 aromatic heterocycles. The van der Waals surface area contributed by atoms with E-state index in [2.05, 4.69) is 4.98 Å². The first-order valence-electron chi connectivity index (χ1n) is 7.18. The molecule has 24 heavy (non-hydrogen) atoms. The van der Waals surface area contributed by atoms with Gasteiger partial charge >= 0.3 is 5.97 Å². The van der Waals surface area contributed by atoms with Crippen molar-refractivity contribution in [2.45, 2.75) is 6.42 Å². The summed E-state index contributed by atoms with van der Waals surface area (Å²) in [4.78, 5) is 28.7. The fourth-order valence-electron chi connectivity index (χ4n) is 2.09. The van der Waals surface area contributed by atoms with Gasteiger partial charge in [-0.1, -0.05) is 12.1 Å². The average Bonchev–Trinajstić information content (AvgIpc) is 2.99. The largest absolute Gasteiger partial charge is 0.480 e. The van der Waals surface area contributed by atoms with Gasteiger partial charge < -0.3 is 14.7 Å². The van der Waals surface area contributed by atoms with Gasteiger partial charge in [-0.15, -0.1) is 11.3 Å². The third-order valence-electron chi connectivity index (χ3n) is 3.19. The van der Waals surface area contributed by atoms with E-state index in [1.807, 2.05) is 0 Å². The Balaban J connectivity index is 2.09. The topological polar surface area (TPSA) is 79.7 Å². The van der Waals surface area contributed by atoms with Gasteiger partial charge in [0.1, 0.15) is 18.1 Å². The second-order valence-corrected chi connectivity index (χ2v) is 5.99. The third-order valence-corrected chi connectivity index (χ3v) is 4.04. The first-order chi connectivity index (χ1) is 11.5. The summed E-state index contributed by atoms with van der Waals surface area (Å²) < 4.78 is 18.1. The smallest absolute Gasteiger partial charge is 0.323 e. The maximum atomic E-state index is 13.2. The highest BCUT2D eigenvalue weighted by molar-refractivity contribution is 7.09. The normalized spacial score (nSPS) is 10.6. The highest BCUT2D eigenvalue weighted by Gasteiger charge is 2.21. The molecule has 128 valence electrons. The first kappa shape index (κ1) is 18.0. The van der Waals surface area contributed by atoms with Gasteiger partial charge in [-0.25, -0.2) is 9.37 Å². The summed E-state index contributed by atoms with van der Waals surface area (Å²) in [6, 6.07) is 6.17. The van der Waals surface area contributed by atoms with Crippen LogP contribution in [0.2, 0.25) is 0 Å². The minimum atomic E-state index is -1.10. The second-order valence-electron chi connectivity index (χ2n) is 5.05. The molecule has 0 aliphatic carbocycles. The lowest BCUT2D eigenvalue weighted by molar-refractivity contribution is -0.137. The highest BCUT2D eigenvalue weighted by Crippen LogP contribution is 2.17. The zero-order valence-corrected chi connectivity index (χ0v) is 13.9. The minimum absolute atomic E-state index is 0.165. The second kappa shape index (κ2) is 8.51. The van der Waals surface area contributed by atoms with Gasteiger partial charge in [-0.2, -0.15) is 0 Å². The number of aromatic nitrogens is 1. The number of halogens is 1. The third kappa shape index (κ3) is 5.10. The van der Waals surface area contributed by atoms with Crippen LogP contribution in [-0.2, 0) is 16.0 Å². The lowest BCUT2D eigenvalue weighted by atomic mass is 10.1. The number of benzene rings is 1. The van der Waals surface area contributed by atoms with Crippen molar-refractivity contribution >= 4 is 23.2 Å². The molecular weight excluding hydrogens is 335 g/mol. The Hall–Kier alpha value is -2.32. The van der Waals surface area contributed by atoms with Gasteiger partial charge in [-0.3, -0.25) is 9.59 Å². The van der Waals surface area contributed by atoms with E-state index in [-0.39, 0.29) is 24.7 Å². The molecule has 0 atom stereocenters. The molecule has 0 saturated heterocycles. The van der Waals surface area contributed by atoms with Crippen LogP contribution in [0.3, 0.4) is 0 Å². The van der Waals surface area contributed by atoms with Crippen molar-refractivity contribution in [1.82, 2.24) is 9.88 Å². The number of carbonyl (C=O) groups is 2. The molecule has 2 rings (SSSR count). The van der Waals surface area contributed by atoms with E-state index in [9.17, 15) is 14.0 Å². The highest BCUT2D eigenvalue weighted by atomic mass is 32.1. The molecule has 1 N–H and O–H groups in total. The Bertz CT molecular complexity index is 720. The Labute approximate surface area is 142 Å².